The molecule has 2 aromatic rings. The average Bonchev–Trinajstić information content (AvgIpc) is 2.77. The van der Waals surface area contributed by atoms with Crippen molar-refractivity contribution in [3.05, 3.63) is 35.8 Å². The molecule has 0 bridgehead atoms. The van der Waals surface area contributed by atoms with Gasteiger partial charge in [-0.3, -0.25) is 4.68 Å². The number of rotatable bonds is 4. The molecule has 18 heavy (non-hydrogen) atoms. The number of nitrogens with one attached hydrogen (secondary N) is 1. The summed E-state index contributed by atoms with van der Waals surface area (Å²) in [6.07, 6.45) is 2.61. The summed E-state index contributed by atoms with van der Waals surface area (Å²) in [7, 11) is 1.91. The number of aryl methyl sites for hydroxylation is 1. The van der Waals surface area contributed by atoms with Crippen LogP contribution in [0.4, 0.5) is 11.5 Å². The highest BCUT2D eigenvalue weighted by molar-refractivity contribution is 5.54. The van der Waals surface area contributed by atoms with Gasteiger partial charge in [0.05, 0.1) is 5.69 Å². The number of hydrogen-bond donors (Lipinski definition) is 2. The fourth-order valence-electron chi connectivity index (χ4n) is 1.62. The van der Waals surface area contributed by atoms with Crippen molar-refractivity contribution < 1.29 is 0 Å². The molecule has 6 heteroatoms. The molecule has 2 aromatic heterocycles. The number of nitrogens with two attached hydrogens (primary N) is 1. The lowest BCUT2D eigenvalue weighted by Gasteiger charge is -2.06. The first-order valence-electron chi connectivity index (χ1n) is 5.58. The number of nitrogen functional groups attached to an aromatic ring is 1. The lowest BCUT2D eigenvalue weighted by Crippen LogP contribution is -2.10. The topological polar surface area (TPSA) is 92.5 Å². The standard InChI is InChI=1S/C12H14N6/c1-18-9(5-7-16-18)4-6-15-12-3-2-10(14)11(8-13)17-12/h2-3,5,7H,4,6,14H2,1H3,(H,15,17). The van der Waals surface area contributed by atoms with Gasteiger partial charge in [-0.2, -0.15) is 10.4 Å². The minimum absolute atomic E-state index is 0.250. The first kappa shape index (κ1) is 11.9. The Morgan fingerprint density at radius 3 is 2.94 bits per heavy atom. The molecule has 0 aliphatic rings. The van der Waals surface area contributed by atoms with Gasteiger partial charge in [-0.25, -0.2) is 4.98 Å². The molecule has 0 aromatic carbocycles. The molecule has 0 unspecified atom stereocenters. The van der Waals surface area contributed by atoms with Crippen LogP contribution in [0, 0.1) is 11.3 Å². The molecule has 0 saturated heterocycles. The second-order valence-electron chi connectivity index (χ2n) is 3.87. The lowest BCUT2D eigenvalue weighted by atomic mass is 10.3. The summed E-state index contributed by atoms with van der Waals surface area (Å²) in [5, 5.41) is 16.1. The van der Waals surface area contributed by atoms with Crippen molar-refractivity contribution in [3.63, 3.8) is 0 Å². The third kappa shape index (κ3) is 2.58. The summed E-state index contributed by atoms with van der Waals surface area (Å²) < 4.78 is 1.83. The zero-order chi connectivity index (χ0) is 13.0. The Morgan fingerprint density at radius 1 is 1.44 bits per heavy atom. The zero-order valence-corrected chi connectivity index (χ0v) is 10.1. The minimum Gasteiger partial charge on any atom is -0.396 e. The molecule has 92 valence electrons. The van der Waals surface area contributed by atoms with Crippen molar-refractivity contribution >= 4 is 11.5 Å². The predicted octanol–water partition coefficient (Wildman–Crippen LogP) is 0.924. The first-order valence-corrected chi connectivity index (χ1v) is 5.58. The van der Waals surface area contributed by atoms with Gasteiger partial charge in [0.25, 0.3) is 0 Å². The number of nitriles is 1. The molecular weight excluding hydrogens is 228 g/mol. The van der Waals surface area contributed by atoms with Crippen LogP contribution in [-0.2, 0) is 13.5 Å². The monoisotopic (exact) mass is 242 g/mol. The van der Waals surface area contributed by atoms with E-state index in [-0.39, 0.29) is 5.69 Å². The molecule has 0 atom stereocenters. The summed E-state index contributed by atoms with van der Waals surface area (Å²) >= 11 is 0. The third-order valence-electron chi connectivity index (χ3n) is 2.64. The van der Waals surface area contributed by atoms with E-state index >= 15 is 0 Å². The average molecular weight is 242 g/mol. The molecular formula is C12H14N6. The van der Waals surface area contributed by atoms with E-state index in [0.29, 0.717) is 11.5 Å². The van der Waals surface area contributed by atoms with Crippen LogP contribution in [0.2, 0.25) is 0 Å². The highest BCUT2D eigenvalue weighted by Crippen LogP contribution is 2.12. The quantitative estimate of drug-likeness (QED) is 0.831. The maximum Gasteiger partial charge on any atom is 0.165 e. The van der Waals surface area contributed by atoms with Crippen LogP contribution in [0.5, 0.6) is 0 Å². The fraction of sp³-hybridized carbons (Fsp3) is 0.250. The largest absolute Gasteiger partial charge is 0.396 e. The van der Waals surface area contributed by atoms with Gasteiger partial charge < -0.3 is 11.1 Å². The highest BCUT2D eigenvalue weighted by Gasteiger charge is 2.02. The summed E-state index contributed by atoms with van der Waals surface area (Å²) in [6.45, 7) is 0.724. The van der Waals surface area contributed by atoms with Crippen LogP contribution < -0.4 is 11.1 Å². The Balaban J connectivity index is 1.95. The second kappa shape index (κ2) is 5.19. The second-order valence-corrected chi connectivity index (χ2v) is 3.87. The van der Waals surface area contributed by atoms with E-state index in [4.69, 9.17) is 11.0 Å². The van der Waals surface area contributed by atoms with Crippen molar-refractivity contribution in [3.8, 4) is 6.07 Å². The number of hydrogen-bond acceptors (Lipinski definition) is 5. The van der Waals surface area contributed by atoms with Gasteiger partial charge in [-0.15, -0.1) is 0 Å². The maximum absolute atomic E-state index is 8.82. The number of anilines is 2. The van der Waals surface area contributed by atoms with E-state index in [9.17, 15) is 0 Å². The van der Waals surface area contributed by atoms with Gasteiger partial charge in [0, 0.05) is 31.9 Å². The minimum atomic E-state index is 0.250. The van der Waals surface area contributed by atoms with E-state index < -0.39 is 0 Å². The summed E-state index contributed by atoms with van der Waals surface area (Å²) in [5.41, 5.74) is 7.39. The SMILES string of the molecule is Cn1nccc1CCNc1ccc(N)c(C#N)n1. The molecule has 0 radical (unpaired) electrons. The van der Waals surface area contributed by atoms with Crippen LogP contribution in [0.1, 0.15) is 11.4 Å². The third-order valence-corrected chi connectivity index (χ3v) is 2.64. The highest BCUT2D eigenvalue weighted by atomic mass is 15.3. The van der Waals surface area contributed by atoms with Crippen LogP contribution >= 0.6 is 0 Å². The maximum atomic E-state index is 8.82. The zero-order valence-electron chi connectivity index (χ0n) is 10.1. The van der Waals surface area contributed by atoms with Crippen LogP contribution in [0.25, 0.3) is 0 Å². The van der Waals surface area contributed by atoms with Crippen molar-refractivity contribution in [2.75, 3.05) is 17.6 Å². The molecule has 2 heterocycles. The molecule has 6 nitrogen and oxygen atoms in total. The van der Waals surface area contributed by atoms with E-state index in [1.807, 2.05) is 23.9 Å². The molecule has 0 aliphatic carbocycles. The van der Waals surface area contributed by atoms with E-state index in [0.717, 1.165) is 18.7 Å². The molecule has 0 fully saturated rings. The van der Waals surface area contributed by atoms with Gasteiger partial charge in [0.15, 0.2) is 5.69 Å². The van der Waals surface area contributed by atoms with Crippen molar-refractivity contribution in [2.24, 2.45) is 7.05 Å². The van der Waals surface area contributed by atoms with Crippen molar-refractivity contribution in [1.29, 1.82) is 5.26 Å². The van der Waals surface area contributed by atoms with Gasteiger partial charge >= 0.3 is 0 Å². The van der Waals surface area contributed by atoms with E-state index in [1.54, 1.807) is 18.3 Å². The lowest BCUT2D eigenvalue weighted by molar-refractivity contribution is 0.711. The van der Waals surface area contributed by atoms with Gasteiger partial charge in [0.2, 0.25) is 0 Å². The molecule has 0 saturated carbocycles. The van der Waals surface area contributed by atoms with Gasteiger partial charge in [-0.05, 0) is 18.2 Å². The Hall–Kier alpha value is -2.55. The molecule has 0 spiro atoms. The fourth-order valence-corrected chi connectivity index (χ4v) is 1.62. The van der Waals surface area contributed by atoms with Gasteiger partial charge in [0.1, 0.15) is 11.9 Å². The van der Waals surface area contributed by atoms with Crippen molar-refractivity contribution in [1.82, 2.24) is 14.8 Å². The molecule has 3 N–H and O–H groups in total. The van der Waals surface area contributed by atoms with E-state index in [1.165, 1.54) is 0 Å². The van der Waals surface area contributed by atoms with Crippen LogP contribution in [0.3, 0.4) is 0 Å². The Morgan fingerprint density at radius 2 is 2.28 bits per heavy atom. The Bertz CT molecular complexity index is 580. The molecule has 2 rings (SSSR count). The number of aromatic nitrogens is 3. The smallest absolute Gasteiger partial charge is 0.165 e. The number of pyridine rings is 1. The summed E-state index contributed by atoms with van der Waals surface area (Å²) in [4.78, 5) is 4.11. The summed E-state index contributed by atoms with van der Waals surface area (Å²) in [6, 6.07) is 7.37. The Kier molecular flexibility index (Phi) is 3.44. The summed E-state index contributed by atoms with van der Waals surface area (Å²) in [5.74, 6) is 0.655. The Labute approximate surface area is 105 Å². The molecule has 0 aliphatic heterocycles. The van der Waals surface area contributed by atoms with Crippen LogP contribution in [0.15, 0.2) is 24.4 Å². The van der Waals surface area contributed by atoms with E-state index in [2.05, 4.69) is 15.4 Å². The molecule has 0 amide bonds. The van der Waals surface area contributed by atoms with Crippen molar-refractivity contribution in [2.45, 2.75) is 6.42 Å². The first-order chi connectivity index (χ1) is 8.70. The van der Waals surface area contributed by atoms with Gasteiger partial charge in [-0.1, -0.05) is 0 Å². The normalized spacial score (nSPS) is 10.0. The van der Waals surface area contributed by atoms with Crippen LogP contribution in [-0.4, -0.2) is 21.3 Å². The number of nitrogens with zero attached hydrogens (tertiary/aromatic N) is 4. The predicted molar refractivity (Wildman–Crippen MR) is 68.8 cm³/mol.